The summed E-state index contributed by atoms with van der Waals surface area (Å²) in [5, 5.41) is 5.42. The van der Waals surface area contributed by atoms with E-state index in [0.29, 0.717) is 0 Å². The van der Waals surface area contributed by atoms with Gasteiger partial charge in [0.1, 0.15) is 0 Å². The van der Waals surface area contributed by atoms with Crippen LogP contribution in [-0.2, 0) is 58.3 Å². The van der Waals surface area contributed by atoms with Gasteiger partial charge >= 0.3 is 0 Å². The fourth-order valence-corrected chi connectivity index (χ4v) is 7.14. The van der Waals surface area contributed by atoms with E-state index in [1.165, 1.54) is 77.2 Å². The van der Waals surface area contributed by atoms with E-state index in [1.807, 2.05) is 0 Å². The number of fused-ring (bicyclic) bond motifs is 2. The molecule has 0 aromatic heterocycles. The molecule has 0 aliphatic carbocycles. The van der Waals surface area contributed by atoms with Gasteiger partial charge in [-0.1, -0.05) is 184 Å². The molecule has 0 radical (unpaired) electrons. The Morgan fingerprint density at radius 2 is 0.633 bits per heavy atom. The van der Waals surface area contributed by atoms with Crippen molar-refractivity contribution < 1.29 is 50.7 Å². The van der Waals surface area contributed by atoms with Crippen LogP contribution in [0, 0.1) is 13.8 Å². The molecule has 6 rings (SSSR count). The fourth-order valence-electron chi connectivity index (χ4n) is 7.14. The van der Waals surface area contributed by atoms with E-state index in [1.54, 1.807) is 0 Å². The predicted octanol–water partition coefficient (Wildman–Crippen LogP) is 11.3. The van der Waals surface area contributed by atoms with Gasteiger partial charge in [-0.25, -0.2) is 0 Å². The first kappa shape index (κ1) is 55.6. The molecule has 6 aromatic carbocycles. The van der Waals surface area contributed by atoms with Gasteiger partial charge in [0.25, 0.3) is 0 Å². The summed E-state index contributed by atoms with van der Waals surface area (Å²) >= 11 is 0. The van der Waals surface area contributed by atoms with Gasteiger partial charge in [-0.05, 0) is 65.9 Å². The maximum atomic E-state index is 3.38. The van der Waals surface area contributed by atoms with Crippen molar-refractivity contribution in [2.75, 3.05) is 0 Å². The van der Waals surface area contributed by atoms with Crippen LogP contribution >= 0.6 is 0 Å². The van der Waals surface area contributed by atoms with Crippen molar-refractivity contribution in [3.8, 4) is 22.3 Å². The summed E-state index contributed by atoms with van der Waals surface area (Å²) in [6.07, 6.45) is 0.750. The van der Waals surface area contributed by atoms with E-state index in [0.717, 1.165) is 6.42 Å². The van der Waals surface area contributed by atoms with Crippen LogP contribution in [0.2, 0.25) is 0 Å². The number of hydrogen-bond donors (Lipinski definition) is 0. The van der Waals surface area contributed by atoms with Crippen molar-refractivity contribution in [2.45, 2.75) is 164 Å². The topological polar surface area (TPSA) is 0 Å². The summed E-state index contributed by atoms with van der Waals surface area (Å²) in [5.41, 5.74) is 14.7. The Morgan fingerprint density at radius 1 is 0.383 bits per heavy atom. The molecular formula is C57H76Cl2Hf-6. The maximum Gasteiger partial charge on any atom is 0 e. The van der Waals surface area contributed by atoms with Gasteiger partial charge in [-0.3, -0.25) is 0 Å². The van der Waals surface area contributed by atoms with Crippen LogP contribution in [0.25, 0.3) is 43.8 Å². The van der Waals surface area contributed by atoms with Crippen molar-refractivity contribution in [1.29, 1.82) is 0 Å². The van der Waals surface area contributed by atoms with E-state index < -0.39 is 0 Å². The molecule has 0 bridgehead atoms. The van der Waals surface area contributed by atoms with Gasteiger partial charge in [-0.15, -0.1) is 69.1 Å². The summed E-state index contributed by atoms with van der Waals surface area (Å²) in [6, 6.07) is 37.3. The second kappa shape index (κ2) is 20.4. The zero-order valence-electron chi connectivity index (χ0n) is 40.6. The second-order valence-corrected chi connectivity index (χ2v) is 22.6. The molecule has 0 spiro atoms. The Morgan fingerprint density at radius 3 is 0.850 bits per heavy atom. The minimum atomic E-state index is 0. The van der Waals surface area contributed by atoms with Gasteiger partial charge < -0.3 is 45.1 Å². The van der Waals surface area contributed by atoms with Gasteiger partial charge in [-0.2, -0.15) is 12.1 Å². The largest absolute Gasteiger partial charge is 1.00 e. The molecule has 0 atom stereocenters. The van der Waals surface area contributed by atoms with Crippen LogP contribution in [0.5, 0.6) is 0 Å². The first-order valence-corrected chi connectivity index (χ1v) is 21.3. The molecule has 0 aliphatic rings. The number of rotatable bonds is 2. The van der Waals surface area contributed by atoms with Crippen LogP contribution in [0.4, 0.5) is 0 Å². The summed E-state index contributed by atoms with van der Waals surface area (Å²) < 4.78 is 0. The summed E-state index contributed by atoms with van der Waals surface area (Å²) in [4.78, 5) is 0. The minimum Gasteiger partial charge on any atom is -1.00 e. The predicted molar refractivity (Wildman–Crippen MR) is 257 cm³/mol. The molecular weight excluding hydrogens is 934 g/mol. The SMILES string of the molecule is CC(C)(C)c1cc(-c2cccc3[cH-]c(C(C)(C)C)cc23)cc(C(C)(C)C)c1.CC(C)(C)c1cc(-c2cccc3[cH-]c(C(C)(C)C)cc23)cc(C(C)(C)C)c1.[CH2-]C[CH2-].[Cl-].[Cl-].[Hf]. The molecule has 3 heteroatoms. The molecule has 0 N–H and O–H groups in total. The first-order valence-electron chi connectivity index (χ1n) is 21.3. The Labute approximate surface area is 399 Å². The first-order chi connectivity index (χ1) is 25.9. The van der Waals surface area contributed by atoms with Crippen LogP contribution in [0.1, 0.15) is 164 Å². The van der Waals surface area contributed by atoms with Crippen molar-refractivity contribution in [2.24, 2.45) is 0 Å². The van der Waals surface area contributed by atoms with Gasteiger partial charge in [0.15, 0.2) is 0 Å². The van der Waals surface area contributed by atoms with E-state index in [2.05, 4.69) is 236 Å². The van der Waals surface area contributed by atoms with E-state index in [-0.39, 0.29) is 83.1 Å². The van der Waals surface area contributed by atoms with E-state index in [4.69, 9.17) is 0 Å². The quantitative estimate of drug-likeness (QED) is 0.120. The zero-order chi connectivity index (χ0) is 43.1. The Kier molecular flexibility index (Phi) is 18.9. The van der Waals surface area contributed by atoms with Crippen molar-refractivity contribution in [3.63, 3.8) is 0 Å². The molecule has 0 fully saturated rings. The molecule has 0 unspecified atom stereocenters. The molecule has 0 amide bonds. The second-order valence-electron chi connectivity index (χ2n) is 22.6. The van der Waals surface area contributed by atoms with Gasteiger partial charge in [0.2, 0.25) is 0 Å². The van der Waals surface area contributed by atoms with Crippen LogP contribution < -0.4 is 24.8 Å². The Hall–Kier alpha value is -2.45. The van der Waals surface area contributed by atoms with Crippen molar-refractivity contribution in [1.82, 2.24) is 0 Å². The number of hydrogen-bond acceptors (Lipinski definition) is 0. The molecule has 6 aromatic rings. The van der Waals surface area contributed by atoms with Crippen LogP contribution in [0.15, 0.2) is 97.1 Å². The molecule has 0 nitrogen and oxygen atoms in total. The number of benzene rings is 4. The molecule has 328 valence electrons. The molecule has 0 heterocycles. The van der Waals surface area contributed by atoms with Crippen molar-refractivity contribution >= 4 is 21.5 Å². The summed E-state index contributed by atoms with van der Waals surface area (Å²) in [5.74, 6) is 0. The molecule has 0 saturated carbocycles. The Balaban J connectivity index is 0.000000538. The molecule has 60 heavy (non-hydrogen) atoms. The average Bonchev–Trinajstić information content (AvgIpc) is 3.73. The third-order valence-electron chi connectivity index (χ3n) is 11.2. The normalized spacial score (nSPS) is 12.3. The third-order valence-corrected chi connectivity index (χ3v) is 11.2. The standard InChI is InChI=1S/2C27H35.C3H6.2ClH.Hf/c2*1-25(2,3)20-14-19(15-21(16-20)26(4,5)6)23-12-10-11-18-13-22(17-24(18)23)27(7,8)9;1-3-2;;;/h2*10-17H,1-9H3;1-3H2;2*1H;/q2*-1;-2;;;/p-2. The smallest absolute Gasteiger partial charge is 0 e. The van der Waals surface area contributed by atoms with E-state index >= 15 is 0 Å². The zero-order valence-corrected chi connectivity index (χ0v) is 45.7. The van der Waals surface area contributed by atoms with Gasteiger partial charge in [0, 0.05) is 25.8 Å². The number of halogens is 2. The van der Waals surface area contributed by atoms with Crippen LogP contribution in [-0.4, -0.2) is 0 Å². The molecule has 0 saturated heterocycles. The van der Waals surface area contributed by atoms with Crippen LogP contribution in [0.3, 0.4) is 0 Å². The monoisotopic (exact) mass is 1010 g/mol. The third kappa shape index (κ3) is 13.8. The van der Waals surface area contributed by atoms with E-state index in [9.17, 15) is 0 Å². The minimum absolute atomic E-state index is 0. The van der Waals surface area contributed by atoms with Gasteiger partial charge in [0.05, 0.1) is 0 Å². The Bertz CT molecular complexity index is 2060. The fraction of sp³-hybridized carbons (Fsp3) is 0.439. The molecule has 0 aliphatic heterocycles. The average molecular weight is 1010 g/mol. The summed E-state index contributed by atoms with van der Waals surface area (Å²) in [6.45, 7) is 48.2. The van der Waals surface area contributed by atoms with Crippen molar-refractivity contribution in [3.05, 3.63) is 144 Å². The maximum absolute atomic E-state index is 3.38. The summed E-state index contributed by atoms with van der Waals surface area (Å²) in [7, 11) is 0.